The Morgan fingerprint density at radius 2 is 2.33 bits per heavy atom. The van der Waals surface area contributed by atoms with Crippen LogP contribution in [0.4, 0.5) is 4.39 Å². The summed E-state index contributed by atoms with van der Waals surface area (Å²) in [5.41, 5.74) is 1.95. The first kappa shape index (κ1) is 10.3. The van der Waals surface area contributed by atoms with Gasteiger partial charge in [0.05, 0.1) is 0 Å². The highest BCUT2D eigenvalue weighted by Crippen LogP contribution is 2.29. The lowest BCUT2D eigenvalue weighted by molar-refractivity contribution is -0.117. The Kier molecular flexibility index (Phi) is 2.85. The maximum atomic E-state index is 13.5. The normalized spacial score (nSPS) is 19.7. The third kappa shape index (κ3) is 2.25. The summed E-state index contributed by atoms with van der Waals surface area (Å²) in [4.78, 5) is 11.0. The van der Waals surface area contributed by atoms with Crippen LogP contribution in [-0.2, 0) is 17.6 Å². The van der Waals surface area contributed by atoms with E-state index < -0.39 is 0 Å². The van der Waals surface area contributed by atoms with Crippen LogP contribution in [0.1, 0.15) is 30.9 Å². The van der Waals surface area contributed by atoms with Crippen LogP contribution in [0, 0.1) is 11.7 Å². The summed E-state index contributed by atoms with van der Waals surface area (Å²) in [5, 5.41) is 0. The summed E-state index contributed by atoms with van der Waals surface area (Å²) in [6.45, 7) is 1.61. The fourth-order valence-electron chi connectivity index (χ4n) is 2.40. The molecule has 0 aromatic heterocycles. The summed E-state index contributed by atoms with van der Waals surface area (Å²) in [6, 6.07) is 5.26. The minimum absolute atomic E-state index is 0.110. The lowest BCUT2D eigenvalue weighted by Crippen LogP contribution is -2.17. The van der Waals surface area contributed by atoms with Crippen molar-refractivity contribution < 1.29 is 9.18 Å². The van der Waals surface area contributed by atoms with Gasteiger partial charge in [-0.15, -0.1) is 0 Å². The molecule has 1 aliphatic carbocycles. The van der Waals surface area contributed by atoms with Crippen molar-refractivity contribution in [3.63, 3.8) is 0 Å². The predicted molar refractivity (Wildman–Crippen MR) is 57.2 cm³/mol. The van der Waals surface area contributed by atoms with E-state index in [1.807, 2.05) is 6.07 Å². The molecule has 0 bridgehead atoms. The summed E-state index contributed by atoms with van der Waals surface area (Å²) in [5.74, 6) is 0.437. The minimum Gasteiger partial charge on any atom is -0.300 e. The molecule has 0 fully saturated rings. The van der Waals surface area contributed by atoms with Gasteiger partial charge < -0.3 is 4.79 Å². The van der Waals surface area contributed by atoms with E-state index in [4.69, 9.17) is 0 Å². The highest BCUT2D eigenvalue weighted by Gasteiger charge is 2.21. The van der Waals surface area contributed by atoms with E-state index in [1.54, 1.807) is 13.0 Å². The Labute approximate surface area is 89.3 Å². The molecule has 1 nitrogen and oxygen atoms in total. The van der Waals surface area contributed by atoms with E-state index in [2.05, 4.69) is 0 Å². The summed E-state index contributed by atoms with van der Waals surface area (Å²) >= 11 is 0. The van der Waals surface area contributed by atoms with Gasteiger partial charge in [-0.1, -0.05) is 12.1 Å². The van der Waals surface area contributed by atoms with Gasteiger partial charge in [-0.25, -0.2) is 4.39 Å². The zero-order chi connectivity index (χ0) is 10.8. The first-order valence-corrected chi connectivity index (χ1v) is 5.42. The van der Waals surface area contributed by atoms with Crippen molar-refractivity contribution >= 4 is 5.78 Å². The van der Waals surface area contributed by atoms with Crippen molar-refractivity contribution in [1.29, 1.82) is 0 Å². The monoisotopic (exact) mass is 206 g/mol. The molecule has 0 saturated heterocycles. The maximum Gasteiger partial charge on any atom is 0.130 e. The summed E-state index contributed by atoms with van der Waals surface area (Å²) in [6.07, 6.45) is 3.23. The number of ketones is 1. The van der Waals surface area contributed by atoms with Gasteiger partial charge in [0.2, 0.25) is 0 Å². The number of rotatable bonds is 2. The van der Waals surface area contributed by atoms with Crippen molar-refractivity contribution in [3.05, 3.63) is 35.1 Å². The van der Waals surface area contributed by atoms with Gasteiger partial charge in [0.15, 0.2) is 0 Å². The molecule has 0 N–H and O–H groups in total. The number of fused-ring (bicyclic) bond motifs is 1. The Bertz CT molecular complexity index is 384. The first-order valence-electron chi connectivity index (χ1n) is 5.42. The molecule has 2 heteroatoms. The van der Waals surface area contributed by atoms with E-state index in [0.717, 1.165) is 30.4 Å². The third-order valence-electron chi connectivity index (χ3n) is 3.11. The molecule has 1 unspecified atom stereocenters. The van der Waals surface area contributed by atoms with Crippen molar-refractivity contribution in [2.75, 3.05) is 0 Å². The molecule has 0 amide bonds. The zero-order valence-electron chi connectivity index (χ0n) is 8.92. The molecule has 15 heavy (non-hydrogen) atoms. The zero-order valence-corrected chi connectivity index (χ0v) is 8.92. The van der Waals surface area contributed by atoms with E-state index in [0.29, 0.717) is 12.3 Å². The van der Waals surface area contributed by atoms with Crippen molar-refractivity contribution in [1.82, 2.24) is 0 Å². The van der Waals surface area contributed by atoms with Crippen LogP contribution in [0.2, 0.25) is 0 Å². The second kappa shape index (κ2) is 4.13. The SMILES string of the molecule is CC(=O)CC1CCc2cccc(F)c2C1. The molecule has 80 valence electrons. The third-order valence-corrected chi connectivity index (χ3v) is 3.11. The van der Waals surface area contributed by atoms with Crippen molar-refractivity contribution in [2.24, 2.45) is 5.92 Å². The molecule has 0 heterocycles. The van der Waals surface area contributed by atoms with E-state index >= 15 is 0 Å². The topological polar surface area (TPSA) is 17.1 Å². The lowest BCUT2D eigenvalue weighted by Gasteiger charge is -2.24. The van der Waals surface area contributed by atoms with Gasteiger partial charge in [-0.2, -0.15) is 0 Å². The molecular formula is C13H15FO. The van der Waals surface area contributed by atoms with Gasteiger partial charge in [0.1, 0.15) is 11.6 Å². The number of hydrogen-bond acceptors (Lipinski definition) is 1. The highest BCUT2D eigenvalue weighted by molar-refractivity contribution is 5.75. The number of benzene rings is 1. The molecule has 0 spiro atoms. The molecule has 1 aromatic carbocycles. The largest absolute Gasteiger partial charge is 0.300 e. The quantitative estimate of drug-likeness (QED) is 0.727. The van der Waals surface area contributed by atoms with Gasteiger partial charge in [-0.3, -0.25) is 0 Å². The molecule has 2 rings (SSSR count). The second-order valence-electron chi connectivity index (χ2n) is 4.39. The van der Waals surface area contributed by atoms with Gasteiger partial charge in [-0.05, 0) is 49.3 Å². The van der Waals surface area contributed by atoms with Gasteiger partial charge in [0, 0.05) is 6.42 Å². The number of hydrogen-bond donors (Lipinski definition) is 0. The predicted octanol–water partition coefficient (Wildman–Crippen LogP) is 2.91. The van der Waals surface area contributed by atoms with Crippen LogP contribution < -0.4 is 0 Å². The van der Waals surface area contributed by atoms with Crippen LogP contribution in [0.3, 0.4) is 0 Å². The number of aryl methyl sites for hydroxylation is 1. The van der Waals surface area contributed by atoms with Crippen LogP contribution in [-0.4, -0.2) is 5.78 Å². The van der Waals surface area contributed by atoms with Crippen LogP contribution in [0.15, 0.2) is 18.2 Å². The highest BCUT2D eigenvalue weighted by atomic mass is 19.1. The first-order chi connectivity index (χ1) is 7.16. The Morgan fingerprint density at radius 3 is 3.07 bits per heavy atom. The van der Waals surface area contributed by atoms with Gasteiger partial charge >= 0.3 is 0 Å². The van der Waals surface area contributed by atoms with E-state index in [1.165, 1.54) is 6.07 Å². The van der Waals surface area contributed by atoms with E-state index in [-0.39, 0.29) is 11.6 Å². The fourth-order valence-corrected chi connectivity index (χ4v) is 2.40. The summed E-state index contributed by atoms with van der Waals surface area (Å²) < 4.78 is 13.5. The van der Waals surface area contributed by atoms with Gasteiger partial charge in [0.25, 0.3) is 0 Å². The molecular weight excluding hydrogens is 191 g/mol. The smallest absolute Gasteiger partial charge is 0.130 e. The van der Waals surface area contributed by atoms with Crippen molar-refractivity contribution in [2.45, 2.75) is 32.6 Å². The second-order valence-corrected chi connectivity index (χ2v) is 4.39. The Morgan fingerprint density at radius 1 is 1.53 bits per heavy atom. The van der Waals surface area contributed by atoms with Crippen molar-refractivity contribution in [3.8, 4) is 0 Å². The number of halogens is 1. The average molecular weight is 206 g/mol. The maximum absolute atomic E-state index is 13.5. The standard InChI is InChI=1S/C13H15FO/c1-9(15)7-10-5-6-11-3-2-4-13(14)12(11)8-10/h2-4,10H,5-8H2,1H3. The van der Waals surface area contributed by atoms with Crippen LogP contribution >= 0.6 is 0 Å². The molecule has 1 atom stereocenters. The lowest BCUT2D eigenvalue weighted by atomic mass is 9.81. The molecule has 0 aliphatic heterocycles. The minimum atomic E-state index is -0.110. The fraction of sp³-hybridized carbons (Fsp3) is 0.462. The Balaban J connectivity index is 2.18. The van der Waals surface area contributed by atoms with Crippen LogP contribution in [0.5, 0.6) is 0 Å². The van der Waals surface area contributed by atoms with E-state index in [9.17, 15) is 9.18 Å². The molecule has 1 aliphatic rings. The number of carbonyl (C=O) groups excluding carboxylic acids is 1. The molecule has 0 radical (unpaired) electrons. The number of carbonyl (C=O) groups is 1. The summed E-state index contributed by atoms with van der Waals surface area (Å²) in [7, 11) is 0. The molecule has 0 saturated carbocycles. The number of Topliss-reactive ketones (excluding diaryl/α,β-unsaturated/α-hetero) is 1. The molecule has 1 aromatic rings. The van der Waals surface area contributed by atoms with Crippen LogP contribution in [0.25, 0.3) is 0 Å². The Hall–Kier alpha value is -1.18. The average Bonchev–Trinajstić information content (AvgIpc) is 2.18.